The van der Waals surface area contributed by atoms with Gasteiger partial charge in [-0.3, -0.25) is 4.79 Å². The molecule has 2 aromatic carbocycles. The first-order valence-corrected chi connectivity index (χ1v) is 10.1. The molecule has 0 radical (unpaired) electrons. The second-order valence-corrected chi connectivity index (χ2v) is 7.32. The van der Waals surface area contributed by atoms with Crippen LogP contribution in [0.3, 0.4) is 0 Å². The molecule has 1 unspecified atom stereocenters. The monoisotopic (exact) mass is 418 g/mol. The molecular formula is C23H19FN4O3. The van der Waals surface area contributed by atoms with Crippen LogP contribution in [0, 0.1) is 5.82 Å². The molecule has 1 aliphatic rings. The summed E-state index contributed by atoms with van der Waals surface area (Å²) in [5.74, 6) is -0.638. The van der Waals surface area contributed by atoms with E-state index >= 15 is 0 Å². The van der Waals surface area contributed by atoms with Gasteiger partial charge in [-0.2, -0.15) is 4.98 Å². The van der Waals surface area contributed by atoms with Crippen LogP contribution in [0.15, 0.2) is 65.3 Å². The average molecular weight is 418 g/mol. The Morgan fingerprint density at radius 2 is 1.94 bits per heavy atom. The third-order valence-corrected chi connectivity index (χ3v) is 5.24. The number of nitrogens with zero attached hydrogens (tertiary/aromatic N) is 4. The van der Waals surface area contributed by atoms with E-state index in [0.29, 0.717) is 24.2 Å². The molecule has 1 atom stereocenters. The highest BCUT2D eigenvalue weighted by Crippen LogP contribution is 2.27. The quantitative estimate of drug-likeness (QED) is 0.496. The van der Waals surface area contributed by atoms with E-state index in [1.54, 1.807) is 17.0 Å². The summed E-state index contributed by atoms with van der Waals surface area (Å²) >= 11 is 0. The van der Waals surface area contributed by atoms with Gasteiger partial charge in [0.05, 0.1) is 17.7 Å². The second kappa shape index (κ2) is 8.14. The maximum absolute atomic E-state index is 14.6. The molecule has 1 aliphatic heterocycles. The first-order valence-electron chi connectivity index (χ1n) is 10.1. The number of hydrogen-bond donors (Lipinski definition) is 0. The number of carbonyl (C=O) groups is 1. The summed E-state index contributed by atoms with van der Waals surface area (Å²) in [7, 11) is 0. The number of halogens is 1. The zero-order chi connectivity index (χ0) is 21.2. The Hall–Kier alpha value is -3.81. The summed E-state index contributed by atoms with van der Waals surface area (Å²) in [6, 6.07) is 13.5. The van der Waals surface area contributed by atoms with Crippen molar-refractivity contribution in [2.75, 3.05) is 13.1 Å². The fourth-order valence-corrected chi connectivity index (χ4v) is 3.79. The number of aromatic nitrogens is 3. The van der Waals surface area contributed by atoms with Gasteiger partial charge >= 0.3 is 6.08 Å². The van der Waals surface area contributed by atoms with Crippen LogP contribution in [-0.4, -0.2) is 45.0 Å². The zero-order valence-electron chi connectivity index (χ0n) is 16.6. The predicted molar refractivity (Wildman–Crippen MR) is 111 cm³/mol. The third-order valence-electron chi connectivity index (χ3n) is 5.24. The van der Waals surface area contributed by atoms with Crippen LogP contribution in [0.2, 0.25) is 0 Å². The molecule has 31 heavy (non-hydrogen) atoms. The first kappa shape index (κ1) is 19.2. The number of oxazole rings is 1. The summed E-state index contributed by atoms with van der Waals surface area (Å²) < 4.78 is 26.2. The van der Waals surface area contributed by atoms with Crippen molar-refractivity contribution in [2.45, 2.75) is 18.9 Å². The fourth-order valence-electron chi connectivity index (χ4n) is 3.79. The Morgan fingerprint density at radius 3 is 2.77 bits per heavy atom. The molecule has 2 aromatic heterocycles. The molecule has 0 aliphatic carbocycles. The maximum atomic E-state index is 14.6. The average Bonchev–Trinajstić information content (AvgIpc) is 3.21. The van der Waals surface area contributed by atoms with Gasteiger partial charge in [-0.25, -0.2) is 14.4 Å². The number of amides is 1. The summed E-state index contributed by atoms with van der Waals surface area (Å²) in [6.07, 6.45) is 4.48. The van der Waals surface area contributed by atoms with Crippen molar-refractivity contribution in [3.63, 3.8) is 0 Å². The molecule has 3 heterocycles. The van der Waals surface area contributed by atoms with Crippen molar-refractivity contribution < 1.29 is 18.3 Å². The normalized spacial score (nSPS) is 16.4. The number of ether oxygens (including phenoxy) is 1. The third kappa shape index (κ3) is 3.84. The van der Waals surface area contributed by atoms with Crippen LogP contribution >= 0.6 is 0 Å². The number of hydrogen-bond acceptors (Lipinski definition) is 6. The molecular weight excluding hydrogens is 399 g/mol. The zero-order valence-corrected chi connectivity index (χ0v) is 16.6. The Kier molecular flexibility index (Phi) is 5.03. The Balaban J connectivity index is 1.37. The number of piperidine rings is 1. The number of rotatable bonds is 4. The van der Waals surface area contributed by atoms with Gasteiger partial charge in [-0.1, -0.05) is 18.2 Å². The Labute approximate surface area is 177 Å². The minimum atomic E-state index is -0.534. The van der Waals surface area contributed by atoms with Gasteiger partial charge in [0.2, 0.25) is 0 Å². The predicted octanol–water partition coefficient (Wildman–Crippen LogP) is 4.11. The first-order chi connectivity index (χ1) is 15.2. The fraction of sp³-hybridized carbons (Fsp3) is 0.217. The van der Waals surface area contributed by atoms with Crippen molar-refractivity contribution in [3.8, 4) is 17.5 Å². The molecule has 0 N–H and O–H groups in total. The van der Waals surface area contributed by atoms with Gasteiger partial charge in [-0.05, 0) is 43.2 Å². The lowest BCUT2D eigenvalue weighted by atomic mass is 10.0. The molecule has 156 valence electrons. The lowest BCUT2D eigenvalue weighted by molar-refractivity contribution is 0.0463. The number of para-hydroxylation sites is 2. The van der Waals surface area contributed by atoms with Crippen LogP contribution < -0.4 is 4.74 Å². The van der Waals surface area contributed by atoms with E-state index in [2.05, 4.69) is 15.0 Å². The van der Waals surface area contributed by atoms with E-state index in [1.807, 2.05) is 24.3 Å². The molecule has 1 fully saturated rings. The molecule has 4 aromatic rings. The summed E-state index contributed by atoms with van der Waals surface area (Å²) in [6.45, 7) is 0.904. The van der Waals surface area contributed by atoms with Gasteiger partial charge in [-0.15, -0.1) is 0 Å². The number of benzene rings is 2. The van der Waals surface area contributed by atoms with E-state index in [1.165, 1.54) is 24.5 Å². The van der Waals surface area contributed by atoms with Crippen molar-refractivity contribution in [1.29, 1.82) is 0 Å². The lowest BCUT2D eigenvalue weighted by Gasteiger charge is -2.32. The Morgan fingerprint density at radius 1 is 1.10 bits per heavy atom. The molecule has 1 amide bonds. The topological polar surface area (TPSA) is 81.4 Å². The van der Waals surface area contributed by atoms with Crippen LogP contribution in [0.1, 0.15) is 23.2 Å². The SMILES string of the molecule is O=C(c1cccc(F)c1-c1ncccn1)N1CCCC(Oc2nc3ccccc3o2)C1. The smallest absolute Gasteiger partial charge is 0.394 e. The highest BCUT2D eigenvalue weighted by molar-refractivity contribution is 6.00. The molecule has 0 saturated carbocycles. The van der Waals surface area contributed by atoms with Gasteiger partial charge in [0.1, 0.15) is 17.4 Å². The van der Waals surface area contributed by atoms with Crippen LogP contribution in [0.5, 0.6) is 6.08 Å². The van der Waals surface area contributed by atoms with Crippen LogP contribution in [-0.2, 0) is 0 Å². The molecule has 0 bridgehead atoms. The Bertz CT molecular complexity index is 1190. The van der Waals surface area contributed by atoms with Crippen molar-refractivity contribution in [2.24, 2.45) is 0 Å². The number of fused-ring (bicyclic) bond motifs is 1. The molecule has 5 rings (SSSR count). The largest absolute Gasteiger partial charge is 0.445 e. The molecule has 8 heteroatoms. The number of likely N-dealkylation sites (tertiary alicyclic amines) is 1. The van der Waals surface area contributed by atoms with Crippen LogP contribution in [0.4, 0.5) is 4.39 Å². The van der Waals surface area contributed by atoms with E-state index in [4.69, 9.17) is 9.15 Å². The van der Waals surface area contributed by atoms with Crippen molar-refractivity contribution >= 4 is 17.0 Å². The standard InChI is InChI=1S/C23H19FN4O3/c24-17-8-3-7-16(20(17)21-25-11-5-12-26-21)22(29)28-13-4-6-15(14-28)30-23-27-18-9-1-2-10-19(18)31-23/h1-3,5,7-12,15H,4,6,13-14H2. The maximum Gasteiger partial charge on any atom is 0.394 e. The molecule has 1 saturated heterocycles. The highest BCUT2D eigenvalue weighted by atomic mass is 19.1. The summed E-state index contributed by atoms with van der Waals surface area (Å²) in [4.78, 5) is 27.5. The van der Waals surface area contributed by atoms with Gasteiger partial charge in [0.25, 0.3) is 5.91 Å². The second-order valence-electron chi connectivity index (χ2n) is 7.32. The van der Waals surface area contributed by atoms with Crippen molar-refractivity contribution in [1.82, 2.24) is 19.9 Å². The van der Waals surface area contributed by atoms with E-state index < -0.39 is 5.82 Å². The van der Waals surface area contributed by atoms with Gasteiger partial charge in [0.15, 0.2) is 11.4 Å². The molecule has 7 nitrogen and oxygen atoms in total. The summed E-state index contributed by atoms with van der Waals surface area (Å²) in [5.41, 5.74) is 1.70. The minimum absolute atomic E-state index is 0.107. The molecule has 0 spiro atoms. The van der Waals surface area contributed by atoms with E-state index in [9.17, 15) is 9.18 Å². The summed E-state index contributed by atoms with van der Waals surface area (Å²) in [5, 5.41) is 0. The van der Waals surface area contributed by atoms with E-state index in [-0.39, 0.29) is 35.0 Å². The van der Waals surface area contributed by atoms with Gasteiger partial charge in [0, 0.05) is 18.9 Å². The van der Waals surface area contributed by atoms with Crippen LogP contribution in [0.25, 0.3) is 22.5 Å². The minimum Gasteiger partial charge on any atom is -0.445 e. The lowest BCUT2D eigenvalue weighted by Crippen LogP contribution is -2.44. The van der Waals surface area contributed by atoms with E-state index in [0.717, 1.165) is 12.8 Å². The van der Waals surface area contributed by atoms with Crippen molar-refractivity contribution in [3.05, 3.63) is 72.3 Å². The number of carbonyl (C=O) groups excluding carboxylic acids is 1. The highest BCUT2D eigenvalue weighted by Gasteiger charge is 2.29. The van der Waals surface area contributed by atoms with Gasteiger partial charge < -0.3 is 14.1 Å².